The number of nitrogens with one attached hydrogen (secondary N) is 1. The fraction of sp³-hybridized carbons (Fsp3) is 0.300. The molecule has 2 aromatic carbocycles. The van der Waals surface area contributed by atoms with Crippen LogP contribution in [0.15, 0.2) is 48.5 Å². The van der Waals surface area contributed by atoms with E-state index in [1.54, 1.807) is 4.90 Å². The van der Waals surface area contributed by atoms with Gasteiger partial charge in [-0.15, -0.1) is 11.8 Å². The van der Waals surface area contributed by atoms with Gasteiger partial charge in [0.05, 0.1) is 19.0 Å². The molecule has 0 radical (unpaired) electrons. The monoisotopic (exact) mass is 388 g/mol. The topological polar surface area (TPSA) is 58.6 Å². The van der Waals surface area contributed by atoms with E-state index < -0.39 is 0 Å². The minimum atomic E-state index is -0.335. The first-order valence-corrected chi connectivity index (χ1v) is 9.86. The number of hydrogen-bond acceptors (Lipinski definition) is 4. The Morgan fingerprint density at radius 1 is 1.04 bits per heavy atom. The van der Waals surface area contributed by atoms with Gasteiger partial charge in [-0.3, -0.25) is 9.59 Å². The van der Waals surface area contributed by atoms with E-state index >= 15 is 0 Å². The summed E-state index contributed by atoms with van der Waals surface area (Å²) in [5, 5.41) is 2.73. The number of amides is 2. The van der Waals surface area contributed by atoms with Crippen LogP contribution >= 0.6 is 11.8 Å². The molecule has 0 bridgehead atoms. The van der Waals surface area contributed by atoms with Gasteiger partial charge in [0.15, 0.2) is 0 Å². The second-order valence-corrected chi connectivity index (χ2v) is 7.13. The molecule has 3 rings (SSSR count). The molecule has 0 unspecified atom stereocenters. The zero-order valence-corrected chi connectivity index (χ0v) is 15.6. The van der Waals surface area contributed by atoms with Crippen LogP contribution in [0.5, 0.6) is 0 Å². The first-order chi connectivity index (χ1) is 13.1. The second-order valence-electron chi connectivity index (χ2n) is 6.15. The van der Waals surface area contributed by atoms with Crippen molar-refractivity contribution >= 4 is 29.3 Å². The van der Waals surface area contributed by atoms with Gasteiger partial charge in [0.1, 0.15) is 5.82 Å². The molecular formula is C20H21FN2O3S. The van der Waals surface area contributed by atoms with Crippen LogP contribution in [0, 0.1) is 5.82 Å². The van der Waals surface area contributed by atoms with Gasteiger partial charge >= 0.3 is 0 Å². The normalized spacial score (nSPS) is 14.0. The van der Waals surface area contributed by atoms with Crippen LogP contribution in [0.25, 0.3) is 0 Å². The average molecular weight is 388 g/mol. The lowest BCUT2D eigenvalue weighted by Crippen LogP contribution is -2.40. The Morgan fingerprint density at radius 2 is 1.70 bits per heavy atom. The van der Waals surface area contributed by atoms with Crippen molar-refractivity contribution in [3.63, 3.8) is 0 Å². The summed E-state index contributed by atoms with van der Waals surface area (Å²) < 4.78 is 18.1. The van der Waals surface area contributed by atoms with E-state index in [0.717, 1.165) is 5.56 Å². The predicted octanol–water partition coefficient (Wildman–Crippen LogP) is 3.17. The Kier molecular flexibility index (Phi) is 6.84. The van der Waals surface area contributed by atoms with E-state index in [-0.39, 0.29) is 17.6 Å². The third-order valence-electron chi connectivity index (χ3n) is 4.13. The maximum absolute atomic E-state index is 12.9. The molecule has 0 spiro atoms. The molecule has 0 saturated carbocycles. The zero-order chi connectivity index (χ0) is 19.1. The fourth-order valence-corrected chi connectivity index (χ4v) is 3.47. The summed E-state index contributed by atoms with van der Waals surface area (Å²) in [7, 11) is 0. The molecule has 7 heteroatoms. The lowest BCUT2D eigenvalue weighted by atomic mass is 10.1. The number of benzene rings is 2. The minimum Gasteiger partial charge on any atom is -0.378 e. The van der Waals surface area contributed by atoms with E-state index in [9.17, 15) is 14.0 Å². The van der Waals surface area contributed by atoms with Gasteiger partial charge in [-0.25, -0.2) is 4.39 Å². The Hall–Kier alpha value is -2.38. The van der Waals surface area contributed by atoms with Crippen molar-refractivity contribution in [3.05, 3.63) is 65.5 Å². The molecule has 0 aromatic heterocycles. The van der Waals surface area contributed by atoms with Crippen LogP contribution in [0.4, 0.5) is 10.1 Å². The standard InChI is InChI=1S/C20H21FN2O3S/c21-17-5-7-18(8-6-17)22-19(24)14-27-13-15-1-3-16(4-2-15)20(25)23-9-11-26-12-10-23/h1-8H,9-14H2,(H,22,24). The molecule has 1 fully saturated rings. The lowest BCUT2D eigenvalue weighted by Gasteiger charge is -2.26. The number of anilines is 1. The van der Waals surface area contributed by atoms with Gasteiger partial charge in [0.2, 0.25) is 5.91 Å². The van der Waals surface area contributed by atoms with Gasteiger partial charge in [0.25, 0.3) is 5.91 Å². The van der Waals surface area contributed by atoms with Gasteiger partial charge < -0.3 is 15.0 Å². The second kappa shape index (κ2) is 9.53. The molecule has 1 aliphatic rings. The highest BCUT2D eigenvalue weighted by atomic mass is 32.2. The third kappa shape index (κ3) is 5.80. The number of nitrogens with zero attached hydrogens (tertiary/aromatic N) is 1. The number of hydrogen-bond donors (Lipinski definition) is 1. The lowest BCUT2D eigenvalue weighted by molar-refractivity contribution is -0.113. The molecule has 0 atom stereocenters. The molecule has 2 amide bonds. The van der Waals surface area contributed by atoms with Crippen molar-refractivity contribution in [2.45, 2.75) is 5.75 Å². The molecule has 0 aliphatic carbocycles. The summed E-state index contributed by atoms with van der Waals surface area (Å²) in [4.78, 5) is 26.1. The first-order valence-electron chi connectivity index (χ1n) is 8.71. The van der Waals surface area contributed by atoms with Crippen LogP contribution in [0.1, 0.15) is 15.9 Å². The van der Waals surface area contributed by atoms with Crippen molar-refractivity contribution in [3.8, 4) is 0 Å². The summed E-state index contributed by atoms with van der Waals surface area (Å²) in [6.45, 7) is 2.42. The molecule has 1 N–H and O–H groups in total. The maximum atomic E-state index is 12.9. The van der Waals surface area contributed by atoms with Crippen LogP contribution in [-0.4, -0.2) is 48.8 Å². The fourth-order valence-electron chi connectivity index (χ4n) is 2.68. The van der Waals surface area contributed by atoms with Crippen molar-refractivity contribution in [2.75, 3.05) is 37.4 Å². The molecule has 142 valence electrons. The Bertz CT molecular complexity index is 775. The number of thioether (sulfide) groups is 1. The summed E-state index contributed by atoms with van der Waals surface area (Å²) >= 11 is 1.48. The molecule has 1 heterocycles. The largest absolute Gasteiger partial charge is 0.378 e. The van der Waals surface area contributed by atoms with E-state index in [1.165, 1.54) is 36.0 Å². The third-order valence-corrected chi connectivity index (χ3v) is 5.13. The van der Waals surface area contributed by atoms with Crippen molar-refractivity contribution in [1.82, 2.24) is 4.90 Å². The summed E-state index contributed by atoms with van der Waals surface area (Å²) in [5.41, 5.74) is 2.29. The smallest absolute Gasteiger partial charge is 0.254 e. The SMILES string of the molecule is O=C(CSCc1ccc(C(=O)N2CCOCC2)cc1)Nc1ccc(F)cc1. The summed E-state index contributed by atoms with van der Waals surface area (Å²) in [6, 6.07) is 13.2. The molecule has 1 aliphatic heterocycles. The highest BCUT2D eigenvalue weighted by molar-refractivity contribution is 7.99. The van der Waals surface area contributed by atoms with E-state index in [2.05, 4.69) is 5.32 Å². The summed E-state index contributed by atoms with van der Waals surface area (Å²) in [6.07, 6.45) is 0. The molecule has 27 heavy (non-hydrogen) atoms. The van der Waals surface area contributed by atoms with Gasteiger partial charge in [-0.2, -0.15) is 0 Å². The van der Waals surface area contributed by atoms with Crippen LogP contribution < -0.4 is 5.32 Å². The Balaban J connectivity index is 1.43. The van der Waals surface area contributed by atoms with Crippen molar-refractivity contribution in [2.24, 2.45) is 0 Å². The average Bonchev–Trinajstić information content (AvgIpc) is 2.70. The maximum Gasteiger partial charge on any atom is 0.254 e. The number of ether oxygens (including phenoxy) is 1. The Morgan fingerprint density at radius 3 is 2.37 bits per heavy atom. The van der Waals surface area contributed by atoms with Gasteiger partial charge in [-0.1, -0.05) is 12.1 Å². The van der Waals surface area contributed by atoms with Crippen LogP contribution in [0.2, 0.25) is 0 Å². The number of carbonyl (C=O) groups is 2. The van der Waals surface area contributed by atoms with Gasteiger partial charge in [0, 0.05) is 30.1 Å². The van der Waals surface area contributed by atoms with E-state index in [0.29, 0.717) is 49.1 Å². The van der Waals surface area contributed by atoms with E-state index in [4.69, 9.17) is 4.74 Å². The summed E-state index contributed by atoms with van der Waals surface area (Å²) in [5.74, 6) is 0.522. The molecule has 1 saturated heterocycles. The highest BCUT2D eigenvalue weighted by Crippen LogP contribution is 2.16. The molecule has 5 nitrogen and oxygen atoms in total. The number of rotatable bonds is 6. The van der Waals surface area contributed by atoms with Crippen LogP contribution in [0.3, 0.4) is 0 Å². The van der Waals surface area contributed by atoms with Gasteiger partial charge in [-0.05, 0) is 42.0 Å². The first kappa shape index (κ1) is 19.4. The highest BCUT2D eigenvalue weighted by Gasteiger charge is 2.18. The molecular weight excluding hydrogens is 367 g/mol. The van der Waals surface area contributed by atoms with E-state index in [1.807, 2.05) is 24.3 Å². The minimum absolute atomic E-state index is 0.0242. The number of halogens is 1. The quantitative estimate of drug-likeness (QED) is 0.826. The predicted molar refractivity (Wildman–Crippen MR) is 104 cm³/mol. The van der Waals surface area contributed by atoms with Crippen LogP contribution in [-0.2, 0) is 15.3 Å². The number of carbonyl (C=O) groups excluding carboxylic acids is 2. The molecule has 2 aromatic rings. The zero-order valence-electron chi connectivity index (χ0n) is 14.8. The Labute approximate surface area is 161 Å². The number of morpholine rings is 1. The van der Waals surface area contributed by atoms with Crippen molar-refractivity contribution in [1.29, 1.82) is 0 Å². The van der Waals surface area contributed by atoms with Crippen molar-refractivity contribution < 1.29 is 18.7 Å².